The molecule has 140 valence electrons. The van der Waals surface area contributed by atoms with Gasteiger partial charge in [0.1, 0.15) is 17.2 Å². The van der Waals surface area contributed by atoms with Crippen molar-refractivity contribution in [3.8, 4) is 0 Å². The van der Waals surface area contributed by atoms with E-state index in [1.165, 1.54) is 6.20 Å². The van der Waals surface area contributed by atoms with E-state index < -0.39 is 11.6 Å². The van der Waals surface area contributed by atoms with Crippen LogP contribution in [0.4, 0.5) is 8.78 Å². The highest BCUT2D eigenvalue weighted by molar-refractivity contribution is 5.96. The average molecular weight is 370 g/mol. The first-order valence-electron chi connectivity index (χ1n) is 9.05. The SMILES string of the molecule is Cn1cnc2cc(C(=O)N(Cc3cc(F)ccc3F)C3CCCC3)cnc21. The first-order chi connectivity index (χ1) is 13.0. The van der Waals surface area contributed by atoms with Crippen LogP contribution in [0.1, 0.15) is 41.6 Å². The molecule has 0 atom stereocenters. The van der Waals surface area contributed by atoms with Gasteiger partial charge >= 0.3 is 0 Å². The maximum absolute atomic E-state index is 14.2. The molecule has 1 fully saturated rings. The Morgan fingerprint density at radius 3 is 2.78 bits per heavy atom. The minimum Gasteiger partial charge on any atom is -0.331 e. The lowest BCUT2D eigenvalue weighted by Gasteiger charge is -2.29. The van der Waals surface area contributed by atoms with E-state index in [1.54, 1.807) is 21.9 Å². The number of fused-ring (bicyclic) bond motifs is 1. The summed E-state index contributed by atoms with van der Waals surface area (Å²) in [5.41, 5.74) is 1.91. The van der Waals surface area contributed by atoms with Crippen LogP contribution in [0.15, 0.2) is 36.8 Å². The van der Waals surface area contributed by atoms with Crippen molar-refractivity contribution in [2.24, 2.45) is 7.05 Å². The summed E-state index contributed by atoms with van der Waals surface area (Å²) in [6.07, 6.45) is 6.94. The van der Waals surface area contributed by atoms with Gasteiger partial charge in [0, 0.05) is 31.4 Å². The Hall–Kier alpha value is -2.83. The zero-order valence-corrected chi connectivity index (χ0v) is 15.0. The molecule has 1 aliphatic carbocycles. The number of pyridine rings is 1. The number of rotatable bonds is 4. The Labute approximate surface area is 155 Å². The number of halogens is 2. The number of imidazole rings is 1. The number of carbonyl (C=O) groups excluding carboxylic acids is 1. The van der Waals surface area contributed by atoms with Gasteiger partial charge in [-0.3, -0.25) is 4.79 Å². The van der Waals surface area contributed by atoms with Crippen molar-refractivity contribution in [3.63, 3.8) is 0 Å². The zero-order chi connectivity index (χ0) is 19.0. The van der Waals surface area contributed by atoms with E-state index in [1.807, 2.05) is 7.05 Å². The van der Waals surface area contributed by atoms with E-state index in [9.17, 15) is 13.6 Å². The molecule has 0 radical (unpaired) electrons. The highest BCUT2D eigenvalue weighted by atomic mass is 19.1. The standard InChI is InChI=1S/C20H20F2N4O/c1-25-12-24-18-9-13(10-23-19(18)25)20(27)26(16-4-2-3-5-16)11-14-8-15(21)6-7-17(14)22/h6-10,12,16H,2-5,11H2,1H3. The second-order valence-electron chi connectivity index (χ2n) is 7.03. The Bertz CT molecular complexity index is 995. The quantitative estimate of drug-likeness (QED) is 0.701. The molecule has 0 aliphatic heterocycles. The maximum Gasteiger partial charge on any atom is 0.256 e. The Morgan fingerprint density at radius 1 is 1.22 bits per heavy atom. The van der Waals surface area contributed by atoms with E-state index in [-0.39, 0.29) is 24.1 Å². The molecule has 27 heavy (non-hydrogen) atoms. The molecule has 3 aromatic rings. The van der Waals surface area contributed by atoms with Crippen LogP contribution in [0.3, 0.4) is 0 Å². The Morgan fingerprint density at radius 2 is 2.00 bits per heavy atom. The molecule has 0 N–H and O–H groups in total. The summed E-state index contributed by atoms with van der Waals surface area (Å²) in [7, 11) is 1.83. The van der Waals surface area contributed by atoms with Crippen molar-refractivity contribution in [1.29, 1.82) is 0 Å². The van der Waals surface area contributed by atoms with Crippen LogP contribution in [-0.2, 0) is 13.6 Å². The van der Waals surface area contributed by atoms with E-state index in [2.05, 4.69) is 9.97 Å². The molecule has 4 rings (SSSR count). The predicted molar refractivity (Wildman–Crippen MR) is 97.0 cm³/mol. The second kappa shape index (κ2) is 7.06. The van der Waals surface area contributed by atoms with Gasteiger partial charge in [-0.05, 0) is 37.1 Å². The summed E-state index contributed by atoms with van der Waals surface area (Å²) < 4.78 is 29.5. The van der Waals surface area contributed by atoms with Gasteiger partial charge in [0.05, 0.1) is 11.9 Å². The van der Waals surface area contributed by atoms with Gasteiger partial charge in [0.2, 0.25) is 0 Å². The number of hydrogen-bond donors (Lipinski definition) is 0. The number of benzene rings is 1. The summed E-state index contributed by atoms with van der Waals surface area (Å²) in [5.74, 6) is -1.25. The Kier molecular flexibility index (Phi) is 4.59. The molecule has 0 bridgehead atoms. The molecule has 2 aromatic heterocycles. The van der Waals surface area contributed by atoms with E-state index in [0.29, 0.717) is 16.7 Å². The largest absolute Gasteiger partial charge is 0.331 e. The number of hydrogen-bond acceptors (Lipinski definition) is 3. The first-order valence-corrected chi connectivity index (χ1v) is 9.05. The van der Waals surface area contributed by atoms with Gasteiger partial charge in [0.25, 0.3) is 5.91 Å². The number of aryl methyl sites for hydroxylation is 1. The molecule has 1 saturated carbocycles. The van der Waals surface area contributed by atoms with Crippen molar-refractivity contribution < 1.29 is 13.6 Å². The molecular formula is C20H20F2N4O. The van der Waals surface area contributed by atoms with Crippen molar-refractivity contribution in [3.05, 3.63) is 59.6 Å². The van der Waals surface area contributed by atoms with Crippen LogP contribution in [0.5, 0.6) is 0 Å². The van der Waals surface area contributed by atoms with Crippen LogP contribution in [0.2, 0.25) is 0 Å². The maximum atomic E-state index is 14.2. The van der Waals surface area contributed by atoms with E-state index >= 15 is 0 Å². The minimum absolute atomic E-state index is 0.0135. The van der Waals surface area contributed by atoms with Crippen molar-refractivity contribution in [2.45, 2.75) is 38.3 Å². The van der Waals surface area contributed by atoms with E-state index in [4.69, 9.17) is 0 Å². The fourth-order valence-corrected chi connectivity index (χ4v) is 3.73. The van der Waals surface area contributed by atoms with Crippen molar-refractivity contribution >= 4 is 17.1 Å². The fraction of sp³-hybridized carbons (Fsp3) is 0.350. The molecule has 2 heterocycles. The second-order valence-corrected chi connectivity index (χ2v) is 7.03. The average Bonchev–Trinajstić information content (AvgIpc) is 3.32. The number of amides is 1. The summed E-state index contributed by atoms with van der Waals surface area (Å²) in [6, 6.07) is 5.06. The monoisotopic (exact) mass is 370 g/mol. The van der Waals surface area contributed by atoms with E-state index in [0.717, 1.165) is 43.9 Å². The first kappa shape index (κ1) is 17.6. The molecule has 5 nitrogen and oxygen atoms in total. The molecule has 7 heteroatoms. The van der Waals surface area contributed by atoms with Crippen LogP contribution >= 0.6 is 0 Å². The van der Waals surface area contributed by atoms with Crippen LogP contribution < -0.4 is 0 Å². The summed E-state index contributed by atoms with van der Waals surface area (Å²) in [6.45, 7) is 0.0351. The third-order valence-corrected chi connectivity index (χ3v) is 5.17. The lowest BCUT2D eigenvalue weighted by molar-refractivity contribution is 0.0662. The Balaban J connectivity index is 1.68. The van der Waals surface area contributed by atoms with Gasteiger partial charge < -0.3 is 9.47 Å². The lowest BCUT2D eigenvalue weighted by Crippen LogP contribution is -2.38. The lowest BCUT2D eigenvalue weighted by atomic mass is 10.1. The van der Waals surface area contributed by atoms with Crippen molar-refractivity contribution in [2.75, 3.05) is 0 Å². The summed E-state index contributed by atoms with van der Waals surface area (Å²) in [5, 5.41) is 0. The van der Waals surface area contributed by atoms with Gasteiger partial charge in [0.15, 0.2) is 5.65 Å². The molecule has 1 amide bonds. The number of aromatic nitrogens is 3. The molecule has 0 spiro atoms. The van der Waals surface area contributed by atoms with Gasteiger partial charge in [-0.15, -0.1) is 0 Å². The van der Waals surface area contributed by atoms with Gasteiger partial charge in [-0.25, -0.2) is 18.7 Å². The fourth-order valence-electron chi connectivity index (χ4n) is 3.73. The molecule has 0 unspecified atom stereocenters. The molecule has 1 aliphatic rings. The van der Waals surface area contributed by atoms with Crippen LogP contribution in [0, 0.1) is 11.6 Å². The highest BCUT2D eigenvalue weighted by Gasteiger charge is 2.29. The third-order valence-electron chi connectivity index (χ3n) is 5.17. The smallest absolute Gasteiger partial charge is 0.256 e. The topological polar surface area (TPSA) is 51.0 Å². The van der Waals surface area contributed by atoms with Crippen LogP contribution in [-0.4, -0.2) is 31.4 Å². The normalized spacial score (nSPS) is 14.8. The summed E-state index contributed by atoms with van der Waals surface area (Å²) in [4.78, 5) is 23.4. The third kappa shape index (κ3) is 3.41. The van der Waals surface area contributed by atoms with Gasteiger partial charge in [-0.1, -0.05) is 12.8 Å². The highest BCUT2D eigenvalue weighted by Crippen LogP contribution is 2.27. The number of nitrogens with zero attached hydrogens (tertiary/aromatic N) is 4. The number of carbonyl (C=O) groups is 1. The molecular weight excluding hydrogens is 350 g/mol. The summed E-state index contributed by atoms with van der Waals surface area (Å²) >= 11 is 0. The van der Waals surface area contributed by atoms with Gasteiger partial charge in [-0.2, -0.15) is 0 Å². The van der Waals surface area contributed by atoms with Crippen molar-refractivity contribution in [1.82, 2.24) is 19.4 Å². The molecule has 1 aromatic carbocycles. The predicted octanol–water partition coefficient (Wildman–Crippen LogP) is 3.83. The van der Waals surface area contributed by atoms with Crippen LogP contribution in [0.25, 0.3) is 11.2 Å². The molecule has 0 saturated heterocycles. The zero-order valence-electron chi connectivity index (χ0n) is 15.0. The minimum atomic E-state index is -0.512.